The second-order valence-corrected chi connectivity index (χ2v) is 4.96. The predicted molar refractivity (Wildman–Crippen MR) is 78.4 cm³/mol. The van der Waals surface area contributed by atoms with Crippen molar-refractivity contribution in [3.8, 4) is 5.75 Å². The largest absolute Gasteiger partial charge is 0.573 e. The fourth-order valence-electron chi connectivity index (χ4n) is 1.93. The van der Waals surface area contributed by atoms with Gasteiger partial charge in [0.15, 0.2) is 0 Å². The van der Waals surface area contributed by atoms with Gasteiger partial charge in [-0.2, -0.15) is 0 Å². The van der Waals surface area contributed by atoms with Crippen molar-refractivity contribution in [1.29, 1.82) is 0 Å². The Labute approximate surface area is 124 Å². The highest BCUT2D eigenvalue weighted by molar-refractivity contribution is 5.29. The SMILES string of the molecule is CCCNCCC=C(C)Cc1ccc(OC(F)(F)F)cc1. The van der Waals surface area contributed by atoms with E-state index in [9.17, 15) is 13.2 Å². The molecule has 1 N–H and O–H groups in total. The van der Waals surface area contributed by atoms with Crippen molar-refractivity contribution >= 4 is 0 Å². The summed E-state index contributed by atoms with van der Waals surface area (Å²) in [6.07, 6.45) is 0.335. The summed E-state index contributed by atoms with van der Waals surface area (Å²) in [5.74, 6) is -0.184. The molecule has 0 heterocycles. The Kier molecular flexibility index (Phi) is 7.29. The number of halogens is 3. The van der Waals surface area contributed by atoms with Crippen LogP contribution in [0.2, 0.25) is 0 Å². The zero-order valence-corrected chi connectivity index (χ0v) is 12.5. The highest BCUT2D eigenvalue weighted by atomic mass is 19.4. The van der Waals surface area contributed by atoms with Crippen molar-refractivity contribution in [3.63, 3.8) is 0 Å². The van der Waals surface area contributed by atoms with Crippen molar-refractivity contribution in [2.24, 2.45) is 0 Å². The van der Waals surface area contributed by atoms with Crippen molar-refractivity contribution in [2.45, 2.75) is 39.5 Å². The molecule has 1 rings (SSSR count). The number of hydrogen-bond donors (Lipinski definition) is 1. The lowest BCUT2D eigenvalue weighted by Gasteiger charge is -2.09. The van der Waals surface area contributed by atoms with E-state index >= 15 is 0 Å². The molecule has 5 heteroatoms. The van der Waals surface area contributed by atoms with Gasteiger partial charge in [0.1, 0.15) is 5.75 Å². The van der Waals surface area contributed by atoms with Crippen molar-refractivity contribution in [3.05, 3.63) is 41.5 Å². The maximum atomic E-state index is 12.0. The molecule has 0 saturated heterocycles. The van der Waals surface area contributed by atoms with Crippen LogP contribution in [0.1, 0.15) is 32.3 Å². The van der Waals surface area contributed by atoms with Gasteiger partial charge >= 0.3 is 6.36 Å². The van der Waals surface area contributed by atoms with E-state index in [-0.39, 0.29) is 5.75 Å². The molecule has 0 aliphatic heterocycles. The number of alkyl halides is 3. The normalized spacial score (nSPS) is 12.5. The van der Waals surface area contributed by atoms with Gasteiger partial charge in [0.05, 0.1) is 0 Å². The second-order valence-electron chi connectivity index (χ2n) is 4.96. The Balaban J connectivity index is 2.42. The van der Waals surface area contributed by atoms with Crippen LogP contribution < -0.4 is 10.1 Å². The molecule has 21 heavy (non-hydrogen) atoms. The second kappa shape index (κ2) is 8.72. The van der Waals surface area contributed by atoms with Gasteiger partial charge in [-0.15, -0.1) is 13.2 Å². The number of benzene rings is 1. The minimum absolute atomic E-state index is 0.184. The van der Waals surface area contributed by atoms with E-state index in [1.165, 1.54) is 17.7 Å². The minimum Gasteiger partial charge on any atom is -0.406 e. The van der Waals surface area contributed by atoms with Gasteiger partial charge in [-0.05, 0) is 57.0 Å². The average molecular weight is 301 g/mol. The number of nitrogens with one attached hydrogen (secondary N) is 1. The number of hydrogen-bond acceptors (Lipinski definition) is 2. The van der Waals surface area contributed by atoms with Crippen molar-refractivity contribution in [2.75, 3.05) is 13.1 Å². The summed E-state index contributed by atoms with van der Waals surface area (Å²) in [5.41, 5.74) is 2.18. The molecule has 118 valence electrons. The van der Waals surface area contributed by atoms with E-state index < -0.39 is 6.36 Å². The van der Waals surface area contributed by atoms with Crippen LogP contribution in [0.15, 0.2) is 35.9 Å². The van der Waals surface area contributed by atoms with Crippen molar-refractivity contribution < 1.29 is 17.9 Å². The maximum absolute atomic E-state index is 12.0. The monoisotopic (exact) mass is 301 g/mol. The minimum atomic E-state index is -4.64. The van der Waals surface area contributed by atoms with Gasteiger partial charge in [0.2, 0.25) is 0 Å². The van der Waals surface area contributed by atoms with Gasteiger partial charge in [-0.25, -0.2) is 0 Å². The summed E-state index contributed by atoms with van der Waals surface area (Å²) in [6, 6.07) is 6.01. The first kappa shape index (κ1) is 17.6. The molecular formula is C16H22F3NO. The Hall–Kier alpha value is -1.49. The summed E-state index contributed by atoms with van der Waals surface area (Å²) in [6.45, 7) is 6.12. The fraction of sp³-hybridized carbons (Fsp3) is 0.500. The molecule has 0 saturated carbocycles. The predicted octanol–water partition coefficient (Wildman–Crippen LogP) is 4.46. The molecule has 0 aliphatic rings. The zero-order chi connectivity index (χ0) is 15.7. The topological polar surface area (TPSA) is 21.3 Å². The smallest absolute Gasteiger partial charge is 0.406 e. The van der Waals surface area contributed by atoms with Crippen LogP contribution in [0.5, 0.6) is 5.75 Å². The lowest BCUT2D eigenvalue weighted by molar-refractivity contribution is -0.274. The Morgan fingerprint density at radius 1 is 1.19 bits per heavy atom. The standard InChI is InChI=1S/C16H22F3NO/c1-3-10-20-11-4-5-13(2)12-14-6-8-15(9-7-14)21-16(17,18)19/h5-9,20H,3-4,10-12H2,1-2H3. The van der Waals surface area contributed by atoms with Gasteiger partial charge in [-0.3, -0.25) is 0 Å². The first-order valence-corrected chi connectivity index (χ1v) is 7.11. The summed E-state index contributed by atoms with van der Waals surface area (Å²) in [4.78, 5) is 0. The van der Waals surface area contributed by atoms with Crippen LogP contribution in [0.4, 0.5) is 13.2 Å². The summed E-state index contributed by atoms with van der Waals surface area (Å²) >= 11 is 0. The van der Waals surface area contributed by atoms with Gasteiger partial charge in [0.25, 0.3) is 0 Å². The lowest BCUT2D eigenvalue weighted by atomic mass is 10.1. The van der Waals surface area contributed by atoms with Gasteiger partial charge in [-0.1, -0.05) is 30.7 Å². The van der Waals surface area contributed by atoms with E-state index in [0.717, 1.165) is 37.9 Å². The molecule has 1 aromatic rings. The first-order valence-electron chi connectivity index (χ1n) is 7.11. The molecule has 0 fully saturated rings. The molecule has 0 atom stereocenters. The van der Waals surface area contributed by atoms with E-state index in [1.54, 1.807) is 12.1 Å². The van der Waals surface area contributed by atoms with Crippen LogP contribution >= 0.6 is 0 Å². The average Bonchev–Trinajstić information content (AvgIpc) is 2.39. The highest BCUT2D eigenvalue weighted by Crippen LogP contribution is 2.23. The Morgan fingerprint density at radius 2 is 1.86 bits per heavy atom. The maximum Gasteiger partial charge on any atom is 0.573 e. The number of rotatable bonds is 8. The van der Waals surface area contributed by atoms with E-state index in [0.29, 0.717) is 0 Å². The molecule has 1 aromatic carbocycles. The quantitative estimate of drug-likeness (QED) is 0.565. The Morgan fingerprint density at radius 3 is 2.43 bits per heavy atom. The van der Waals surface area contributed by atoms with E-state index in [1.807, 2.05) is 6.92 Å². The highest BCUT2D eigenvalue weighted by Gasteiger charge is 2.30. The number of allylic oxidation sites excluding steroid dienone is 1. The van der Waals surface area contributed by atoms with E-state index in [2.05, 4.69) is 23.1 Å². The van der Waals surface area contributed by atoms with Crippen molar-refractivity contribution in [1.82, 2.24) is 5.32 Å². The molecule has 0 spiro atoms. The van der Waals surface area contributed by atoms with Gasteiger partial charge in [0, 0.05) is 0 Å². The molecule has 0 amide bonds. The van der Waals surface area contributed by atoms with Crippen LogP contribution in [0, 0.1) is 0 Å². The molecule has 0 bridgehead atoms. The third-order valence-corrected chi connectivity index (χ3v) is 2.88. The molecule has 0 aromatic heterocycles. The molecule has 0 radical (unpaired) electrons. The van der Waals surface area contributed by atoms with Gasteiger partial charge < -0.3 is 10.1 Å². The molecule has 0 aliphatic carbocycles. The third kappa shape index (κ3) is 8.40. The van der Waals surface area contributed by atoms with E-state index in [4.69, 9.17) is 0 Å². The fourth-order valence-corrected chi connectivity index (χ4v) is 1.93. The third-order valence-electron chi connectivity index (χ3n) is 2.88. The van der Waals surface area contributed by atoms with Crippen LogP contribution in [0.3, 0.4) is 0 Å². The Bertz CT molecular complexity index is 438. The van der Waals surface area contributed by atoms with Crippen LogP contribution in [-0.2, 0) is 6.42 Å². The molecule has 0 unspecified atom stereocenters. The van der Waals surface area contributed by atoms with Crippen LogP contribution in [0.25, 0.3) is 0 Å². The first-order chi connectivity index (χ1) is 9.90. The summed E-state index contributed by atoms with van der Waals surface area (Å²) in [7, 11) is 0. The summed E-state index contributed by atoms with van der Waals surface area (Å²) in [5, 5.41) is 3.32. The molecule has 2 nitrogen and oxygen atoms in total. The summed E-state index contributed by atoms with van der Waals surface area (Å²) < 4.78 is 40.0. The molecular weight excluding hydrogens is 279 g/mol. The zero-order valence-electron chi connectivity index (χ0n) is 12.5. The number of ether oxygens (including phenoxy) is 1. The van der Waals surface area contributed by atoms with Crippen LogP contribution in [-0.4, -0.2) is 19.5 Å². The lowest BCUT2D eigenvalue weighted by Crippen LogP contribution is -2.17.